The fourth-order valence-electron chi connectivity index (χ4n) is 2.01. The standard InChI is InChI=1S/C12H14O5S/c13-5-10-17-12(6-14,7-18-10)9-4-2-1-3-8(9)11(15)16/h1-4,10,13-14H,5-7H2,(H,15,16)/t10-,12-/m0/s1. The first-order valence-corrected chi connectivity index (χ1v) is 6.52. The predicted octanol–water partition coefficient (Wildman–Crippen LogP) is 0.654. The van der Waals surface area contributed by atoms with Crippen LogP contribution in [0.5, 0.6) is 0 Å². The summed E-state index contributed by atoms with van der Waals surface area (Å²) < 4.78 is 5.62. The Labute approximate surface area is 108 Å². The summed E-state index contributed by atoms with van der Waals surface area (Å²) in [6.45, 7) is -0.484. The van der Waals surface area contributed by atoms with Gasteiger partial charge >= 0.3 is 5.97 Å². The van der Waals surface area contributed by atoms with Crippen molar-refractivity contribution >= 4 is 17.7 Å². The number of benzene rings is 1. The first-order chi connectivity index (χ1) is 8.63. The van der Waals surface area contributed by atoms with Gasteiger partial charge in [-0.15, -0.1) is 11.8 Å². The van der Waals surface area contributed by atoms with Crippen LogP contribution in [0.25, 0.3) is 0 Å². The van der Waals surface area contributed by atoms with E-state index in [1.165, 1.54) is 17.8 Å². The number of hydrogen-bond donors (Lipinski definition) is 3. The van der Waals surface area contributed by atoms with Gasteiger partial charge in [-0.05, 0) is 6.07 Å². The normalized spacial score (nSPS) is 27.3. The second-order valence-electron chi connectivity index (χ2n) is 4.04. The molecule has 0 unspecified atom stereocenters. The molecule has 2 rings (SSSR count). The SMILES string of the molecule is O=C(O)c1ccccc1[C@]1(CO)CS[C@@H](CO)O1. The van der Waals surface area contributed by atoms with Crippen molar-refractivity contribution < 1.29 is 24.9 Å². The molecular weight excluding hydrogens is 256 g/mol. The molecule has 0 aliphatic carbocycles. The largest absolute Gasteiger partial charge is 0.478 e. The molecule has 1 aromatic carbocycles. The number of carboxylic acid groups (broad SMARTS) is 1. The molecule has 0 aromatic heterocycles. The summed E-state index contributed by atoms with van der Waals surface area (Å²) in [5, 5.41) is 27.8. The van der Waals surface area contributed by atoms with Crippen molar-refractivity contribution in [3.05, 3.63) is 35.4 Å². The van der Waals surface area contributed by atoms with Crippen LogP contribution in [0, 0.1) is 0 Å². The lowest BCUT2D eigenvalue weighted by Gasteiger charge is -2.28. The van der Waals surface area contributed by atoms with Gasteiger partial charge in [-0.3, -0.25) is 0 Å². The van der Waals surface area contributed by atoms with Crippen molar-refractivity contribution in [3.8, 4) is 0 Å². The molecule has 0 saturated carbocycles. The Balaban J connectivity index is 2.42. The van der Waals surface area contributed by atoms with Gasteiger partial charge in [0.1, 0.15) is 11.0 Å². The Morgan fingerprint density at radius 2 is 2.17 bits per heavy atom. The van der Waals surface area contributed by atoms with E-state index in [2.05, 4.69) is 0 Å². The summed E-state index contributed by atoms with van der Waals surface area (Å²) >= 11 is 1.36. The highest BCUT2D eigenvalue weighted by Crippen LogP contribution is 2.41. The number of aliphatic hydroxyl groups excluding tert-OH is 2. The highest BCUT2D eigenvalue weighted by atomic mass is 32.2. The van der Waals surface area contributed by atoms with Gasteiger partial charge in [-0.2, -0.15) is 0 Å². The van der Waals surface area contributed by atoms with E-state index in [0.717, 1.165) is 0 Å². The number of ether oxygens (including phenoxy) is 1. The smallest absolute Gasteiger partial charge is 0.336 e. The molecule has 0 bridgehead atoms. The molecule has 0 spiro atoms. The molecule has 6 heteroatoms. The third kappa shape index (κ3) is 2.24. The number of thioether (sulfide) groups is 1. The zero-order valence-corrected chi connectivity index (χ0v) is 10.4. The number of rotatable bonds is 4. The quantitative estimate of drug-likeness (QED) is 0.745. The van der Waals surface area contributed by atoms with Crippen molar-refractivity contribution in [3.63, 3.8) is 0 Å². The number of aromatic carboxylic acids is 1. The fraction of sp³-hybridized carbons (Fsp3) is 0.417. The first kappa shape index (κ1) is 13.4. The summed E-state index contributed by atoms with van der Waals surface area (Å²) in [6, 6.07) is 6.46. The van der Waals surface area contributed by atoms with E-state index in [4.69, 9.17) is 14.9 Å². The van der Waals surface area contributed by atoms with E-state index in [9.17, 15) is 9.90 Å². The molecule has 1 aliphatic heterocycles. The van der Waals surface area contributed by atoms with Crippen LogP contribution in [0.3, 0.4) is 0 Å². The van der Waals surface area contributed by atoms with Gasteiger partial charge in [-0.1, -0.05) is 18.2 Å². The lowest BCUT2D eigenvalue weighted by Crippen LogP contribution is -2.35. The van der Waals surface area contributed by atoms with Crippen LogP contribution in [-0.2, 0) is 10.3 Å². The van der Waals surface area contributed by atoms with Crippen molar-refractivity contribution in [1.82, 2.24) is 0 Å². The van der Waals surface area contributed by atoms with Crippen molar-refractivity contribution in [2.24, 2.45) is 0 Å². The average Bonchev–Trinajstić information content (AvgIpc) is 2.83. The van der Waals surface area contributed by atoms with Crippen LogP contribution in [0.1, 0.15) is 15.9 Å². The molecule has 1 fully saturated rings. The molecule has 1 heterocycles. The highest BCUT2D eigenvalue weighted by Gasteiger charge is 2.43. The Hall–Kier alpha value is -1.08. The van der Waals surface area contributed by atoms with Crippen molar-refractivity contribution in [2.75, 3.05) is 19.0 Å². The minimum absolute atomic E-state index is 0.116. The second-order valence-corrected chi connectivity index (χ2v) is 5.19. The topological polar surface area (TPSA) is 87.0 Å². The van der Waals surface area contributed by atoms with Gasteiger partial charge in [0.2, 0.25) is 0 Å². The van der Waals surface area contributed by atoms with Gasteiger partial charge in [-0.25, -0.2) is 4.79 Å². The minimum Gasteiger partial charge on any atom is -0.478 e. The number of carboxylic acids is 1. The zero-order chi connectivity index (χ0) is 13.2. The fourth-order valence-corrected chi connectivity index (χ4v) is 3.14. The third-order valence-corrected chi connectivity index (χ3v) is 4.16. The van der Waals surface area contributed by atoms with E-state index in [0.29, 0.717) is 11.3 Å². The number of carbonyl (C=O) groups is 1. The Morgan fingerprint density at radius 1 is 1.44 bits per heavy atom. The molecule has 18 heavy (non-hydrogen) atoms. The maximum atomic E-state index is 11.2. The van der Waals surface area contributed by atoms with Crippen LogP contribution in [-0.4, -0.2) is 45.7 Å². The van der Waals surface area contributed by atoms with Crippen LogP contribution >= 0.6 is 11.8 Å². The molecule has 1 aliphatic rings. The third-order valence-electron chi connectivity index (χ3n) is 2.91. The van der Waals surface area contributed by atoms with Crippen LogP contribution in [0.15, 0.2) is 24.3 Å². The Morgan fingerprint density at radius 3 is 2.72 bits per heavy atom. The molecule has 3 N–H and O–H groups in total. The first-order valence-electron chi connectivity index (χ1n) is 5.47. The average molecular weight is 270 g/mol. The highest BCUT2D eigenvalue weighted by molar-refractivity contribution is 8.00. The zero-order valence-electron chi connectivity index (χ0n) is 9.57. The number of aliphatic hydroxyl groups is 2. The number of hydrogen-bond acceptors (Lipinski definition) is 5. The van der Waals surface area contributed by atoms with Crippen molar-refractivity contribution in [2.45, 2.75) is 11.0 Å². The van der Waals surface area contributed by atoms with E-state index in [-0.39, 0.29) is 18.8 Å². The van der Waals surface area contributed by atoms with Crippen LogP contribution in [0.2, 0.25) is 0 Å². The summed E-state index contributed by atoms with van der Waals surface area (Å²) in [5.74, 6) is -0.640. The van der Waals surface area contributed by atoms with E-state index < -0.39 is 17.0 Å². The molecule has 1 saturated heterocycles. The van der Waals surface area contributed by atoms with E-state index in [1.807, 2.05) is 0 Å². The van der Waals surface area contributed by atoms with Gasteiger partial charge < -0.3 is 20.1 Å². The predicted molar refractivity (Wildman–Crippen MR) is 66.6 cm³/mol. The summed E-state index contributed by atoms with van der Waals surface area (Å²) in [7, 11) is 0. The maximum Gasteiger partial charge on any atom is 0.336 e. The second kappa shape index (κ2) is 5.27. The van der Waals surface area contributed by atoms with Crippen LogP contribution < -0.4 is 0 Å². The molecule has 0 amide bonds. The van der Waals surface area contributed by atoms with Crippen LogP contribution in [0.4, 0.5) is 0 Å². The summed E-state index contributed by atoms with van der Waals surface area (Å²) in [4.78, 5) is 11.2. The minimum atomic E-state index is -1.06. The summed E-state index contributed by atoms with van der Waals surface area (Å²) in [5.41, 5.74) is -0.916. The van der Waals surface area contributed by atoms with Gasteiger partial charge in [0.05, 0.1) is 18.8 Å². The Kier molecular flexibility index (Phi) is 3.91. The van der Waals surface area contributed by atoms with E-state index in [1.54, 1.807) is 18.2 Å². The Bertz CT molecular complexity index is 450. The molecule has 5 nitrogen and oxygen atoms in total. The van der Waals surface area contributed by atoms with Gasteiger partial charge in [0.15, 0.2) is 0 Å². The van der Waals surface area contributed by atoms with Gasteiger partial charge in [0, 0.05) is 11.3 Å². The maximum absolute atomic E-state index is 11.2. The molecular formula is C12H14O5S. The molecule has 0 radical (unpaired) electrons. The molecule has 98 valence electrons. The molecule has 1 aromatic rings. The van der Waals surface area contributed by atoms with Gasteiger partial charge in [0.25, 0.3) is 0 Å². The molecule has 2 atom stereocenters. The summed E-state index contributed by atoms with van der Waals surface area (Å²) in [6.07, 6.45) is 0. The lowest BCUT2D eigenvalue weighted by atomic mass is 9.91. The monoisotopic (exact) mass is 270 g/mol. The lowest BCUT2D eigenvalue weighted by molar-refractivity contribution is -0.0790. The van der Waals surface area contributed by atoms with Crippen molar-refractivity contribution in [1.29, 1.82) is 0 Å². The van der Waals surface area contributed by atoms with E-state index >= 15 is 0 Å².